The molecule has 1 aromatic heterocycles. The Morgan fingerprint density at radius 3 is 2.94 bits per heavy atom. The number of aromatic nitrogens is 1. The third-order valence-corrected chi connectivity index (χ3v) is 3.09. The summed E-state index contributed by atoms with van der Waals surface area (Å²) < 4.78 is 0. The number of amides is 1. The summed E-state index contributed by atoms with van der Waals surface area (Å²) in [6.07, 6.45) is 0. The molecule has 0 aliphatic heterocycles. The van der Waals surface area contributed by atoms with Gasteiger partial charge in [-0.25, -0.2) is 4.98 Å². The van der Waals surface area contributed by atoms with E-state index in [4.69, 9.17) is 5.73 Å². The van der Waals surface area contributed by atoms with Crippen LogP contribution in [0.4, 0.5) is 5.13 Å². The number of anilines is 1. The van der Waals surface area contributed by atoms with Crippen LogP contribution in [-0.2, 0) is 6.54 Å². The van der Waals surface area contributed by atoms with Gasteiger partial charge in [-0.15, -0.1) is 11.3 Å². The van der Waals surface area contributed by atoms with Crippen LogP contribution in [0.15, 0.2) is 29.6 Å². The maximum absolute atomic E-state index is 12.0. The van der Waals surface area contributed by atoms with Crippen LogP contribution < -0.4 is 5.73 Å². The maximum atomic E-state index is 12.0. The van der Waals surface area contributed by atoms with Gasteiger partial charge >= 0.3 is 0 Å². The van der Waals surface area contributed by atoms with Gasteiger partial charge in [0.15, 0.2) is 5.13 Å². The molecule has 6 heteroatoms. The molecule has 0 unspecified atom stereocenters. The van der Waals surface area contributed by atoms with E-state index >= 15 is 0 Å². The van der Waals surface area contributed by atoms with E-state index in [0.717, 1.165) is 5.56 Å². The first-order valence-electron chi connectivity index (χ1n) is 5.30. The lowest BCUT2D eigenvalue weighted by Gasteiger charge is -2.16. The van der Waals surface area contributed by atoms with Crippen molar-refractivity contribution in [1.82, 2.24) is 9.88 Å². The molecule has 1 aromatic carbocycles. The van der Waals surface area contributed by atoms with E-state index in [1.54, 1.807) is 30.6 Å². The Balaban J connectivity index is 2.08. The largest absolute Gasteiger partial charge is 0.508 e. The summed E-state index contributed by atoms with van der Waals surface area (Å²) in [6, 6.07) is 6.80. The van der Waals surface area contributed by atoms with Gasteiger partial charge in [-0.3, -0.25) is 4.79 Å². The maximum Gasteiger partial charge on any atom is 0.273 e. The van der Waals surface area contributed by atoms with Crippen molar-refractivity contribution in [3.63, 3.8) is 0 Å². The van der Waals surface area contributed by atoms with E-state index < -0.39 is 0 Å². The molecule has 2 aromatic rings. The molecule has 0 bridgehead atoms. The summed E-state index contributed by atoms with van der Waals surface area (Å²) in [5.41, 5.74) is 6.70. The number of hydrogen-bond acceptors (Lipinski definition) is 5. The van der Waals surface area contributed by atoms with Crippen molar-refractivity contribution in [3.8, 4) is 5.75 Å². The van der Waals surface area contributed by atoms with Crippen molar-refractivity contribution < 1.29 is 9.90 Å². The molecule has 5 nitrogen and oxygen atoms in total. The summed E-state index contributed by atoms with van der Waals surface area (Å²) in [5, 5.41) is 11.4. The second-order valence-corrected chi connectivity index (χ2v) is 4.79. The summed E-state index contributed by atoms with van der Waals surface area (Å²) in [6.45, 7) is 0.407. The van der Waals surface area contributed by atoms with Crippen LogP contribution in [-0.4, -0.2) is 27.9 Å². The molecule has 0 saturated carbocycles. The molecule has 94 valence electrons. The molecule has 18 heavy (non-hydrogen) atoms. The average Bonchev–Trinajstić information content (AvgIpc) is 2.75. The fourth-order valence-corrected chi connectivity index (χ4v) is 2.12. The average molecular weight is 263 g/mol. The molecule has 3 N–H and O–H groups in total. The lowest BCUT2D eigenvalue weighted by atomic mass is 10.2. The number of benzene rings is 1. The predicted molar refractivity (Wildman–Crippen MR) is 70.4 cm³/mol. The Bertz CT molecular complexity index is 568. The molecule has 1 heterocycles. The molecule has 0 spiro atoms. The number of hydrogen-bond donors (Lipinski definition) is 2. The highest BCUT2D eigenvalue weighted by molar-refractivity contribution is 7.13. The van der Waals surface area contributed by atoms with E-state index in [1.165, 1.54) is 16.2 Å². The number of carbonyl (C=O) groups is 1. The third kappa shape index (κ3) is 2.78. The SMILES string of the molecule is CN(Cc1cccc(O)c1)C(=O)c1csc(N)n1. The Kier molecular flexibility index (Phi) is 3.47. The minimum absolute atomic E-state index is 0.186. The molecule has 0 atom stereocenters. The van der Waals surface area contributed by atoms with Crippen LogP contribution in [0, 0.1) is 0 Å². The van der Waals surface area contributed by atoms with Gasteiger partial charge in [0.1, 0.15) is 11.4 Å². The lowest BCUT2D eigenvalue weighted by Crippen LogP contribution is -2.26. The van der Waals surface area contributed by atoms with Gasteiger partial charge in [0.05, 0.1) is 0 Å². The molecular weight excluding hydrogens is 250 g/mol. The van der Waals surface area contributed by atoms with Crippen molar-refractivity contribution >= 4 is 22.4 Å². The van der Waals surface area contributed by atoms with Gasteiger partial charge in [-0.2, -0.15) is 0 Å². The summed E-state index contributed by atoms with van der Waals surface area (Å²) in [7, 11) is 1.68. The van der Waals surface area contributed by atoms with Crippen molar-refractivity contribution in [3.05, 3.63) is 40.9 Å². The van der Waals surface area contributed by atoms with Gasteiger partial charge < -0.3 is 15.7 Å². The number of nitrogen functional groups attached to an aromatic ring is 1. The van der Waals surface area contributed by atoms with Gasteiger partial charge in [-0.1, -0.05) is 12.1 Å². The highest BCUT2D eigenvalue weighted by Gasteiger charge is 2.15. The summed E-state index contributed by atoms with van der Waals surface area (Å²) >= 11 is 1.24. The van der Waals surface area contributed by atoms with Gasteiger partial charge in [0.25, 0.3) is 5.91 Å². The van der Waals surface area contributed by atoms with Crippen molar-refractivity contribution in [1.29, 1.82) is 0 Å². The minimum Gasteiger partial charge on any atom is -0.508 e. The Labute approximate surface area is 108 Å². The van der Waals surface area contributed by atoms with E-state index in [1.807, 2.05) is 6.07 Å². The fraction of sp³-hybridized carbons (Fsp3) is 0.167. The number of phenols is 1. The normalized spacial score (nSPS) is 10.3. The molecule has 0 radical (unpaired) electrons. The van der Waals surface area contributed by atoms with Gasteiger partial charge in [-0.05, 0) is 17.7 Å². The zero-order chi connectivity index (χ0) is 13.1. The standard InChI is InChI=1S/C12H13N3O2S/c1-15(6-8-3-2-4-9(16)5-8)11(17)10-7-18-12(13)14-10/h2-5,7,16H,6H2,1H3,(H2,13,14). The Hall–Kier alpha value is -2.08. The Morgan fingerprint density at radius 1 is 1.56 bits per heavy atom. The molecule has 0 saturated heterocycles. The molecule has 1 amide bonds. The number of aromatic hydroxyl groups is 1. The molecule has 0 fully saturated rings. The van der Waals surface area contributed by atoms with Crippen molar-refractivity contribution in [2.24, 2.45) is 0 Å². The number of thiazole rings is 1. The van der Waals surface area contributed by atoms with Crippen molar-refractivity contribution in [2.45, 2.75) is 6.54 Å². The van der Waals surface area contributed by atoms with Crippen LogP contribution >= 0.6 is 11.3 Å². The zero-order valence-electron chi connectivity index (χ0n) is 9.83. The summed E-state index contributed by atoms with van der Waals surface area (Å²) in [4.78, 5) is 17.5. The van der Waals surface area contributed by atoms with Crippen molar-refractivity contribution in [2.75, 3.05) is 12.8 Å². The monoisotopic (exact) mass is 263 g/mol. The first-order valence-corrected chi connectivity index (χ1v) is 6.18. The highest BCUT2D eigenvalue weighted by atomic mass is 32.1. The number of phenolic OH excluding ortho intramolecular Hbond substituents is 1. The zero-order valence-corrected chi connectivity index (χ0v) is 10.6. The Morgan fingerprint density at radius 2 is 2.33 bits per heavy atom. The van der Waals surface area contributed by atoms with E-state index in [0.29, 0.717) is 17.4 Å². The molecule has 0 aliphatic rings. The highest BCUT2D eigenvalue weighted by Crippen LogP contribution is 2.16. The number of rotatable bonds is 3. The first-order chi connectivity index (χ1) is 8.56. The number of nitrogens with two attached hydrogens (primary N) is 1. The van der Waals surface area contributed by atoms with Gasteiger partial charge in [0.2, 0.25) is 0 Å². The smallest absolute Gasteiger partial charge is 0.273 e. The second-order valence-electron chi connectivity index (χ2n) is 3.90. The second kappa shape index (κ2) is 5.05. The van der Waals surface area contributed by atoms with E-state index in [-0.39, 0.29) is 11.7 Å². The van der Waals surface area contributed by atoms with Crippen LogP contribution in [0.25, 0.3) is 0 Å². The van der Waals surface area contributed by atoms with Crippen LogP contribution in [0.2, 0.25) is 0 Å². The van der Waals surface area contributed by atoms with Crippen LogP contribution in [0.5, 0.6) is 5.75 Å². The van der Waals surface area contributed by atoms with E-state index in [9.17, 15) is 9.90 Å². The topological polar surface area (TPSA) is 79.5 Å². The predicted octanol–water partition coefficient (Wildman–Crippen LogP) is 1.70. The quantitative estimate of drug-likeness (QED) is 0.883. The summed E-state index contributed by atoms with van der Waals surface area (Å²) in [5.74, 6) is -0.00227. The number of carbonyl (C=O) groups excluding carboxylic acids is 1. The van der Waals surface area contributed by atoms with Crippen LogP contribution in [0.3, 0.4) is 0 Å². The molecule has 0 aliphatic carbocycles. The molecular formula is C12H13N3O2S. The third-order valence-electron chi connectivity index (χ3n) is 2.42. The minimum atomic E-state index is -0.189. The van der Waals surface area contributed by atoms with Gasteiger partial charge in [0, 0.05) is 19.0 Å². The van der Waals surface area contributed by atoms with Crippen LogP contribution in [0.1, 0.15) is 16.1 Å². The fourth-order valence-electron chi connectivity index (χ4n) is 1.58. The first kappa shape index (κ1) is 12.4. The lowest BCUT2D eigenvalue weighted by molar-refractivity contribution is 0.0780. The number of nitrogens with zero attached hydrogens (tertiary/aromatic N) is 2. The molecule has 2 rings (SSSR count). The van der Waals surface area contributed by atoms with E-state index in [2.05, 4.69) is 4.98 Å².